The summed E-state index contributed by atoms with van der Waals surface area (Å²) < 4.78 is 71.0. The highest BCUT2D eigenvalue weighted by molar-refractivity contribution is 7.91. The van der Waals surface area contributed by atoms with Crippen molar-refractivity contribution in [1.82, 2.24) is 44.9 Å². The van der Waals surface area contributed by atoms with Gasteiger partial charge >= 0.3 is 41.9 Å². The fraction of sp³-hybridized carbons (Fsp3) is 0.167. The molecule has 0 bridgehead atoms. The number of oxazole rings is 1. The van der Waals surface area contributed by atoms with Crippen molar-refractivity contribution in [2.75, 3.05) is 67.1 Å². The Balaban J connectivity index is 0.000000129. The van der Waals surface area contributed by atoms with Crippen molar-refractivity contribution in [2.45, 2.75) is 45.1 Å². The summed E-state index contributed by atoms with van der Waals surface area (Å²) in [5.74, 6) is -3.10. The molecule has 1 amide bonds. The maximum Gasteiger partial charge on any atom is 0.413 e. The average molecular weight is 1810 g/mol. The molecule has 640 valence electrons. The third-order valence-electron chi connectivity index (χ3n) is 18.6. The number of benzene rings is 6. The van der Waals surface area contributed by atoms with Gasteiger partial charge in [0.15, 0.2) is 31.1 Å². The molecule has 0 spiro atoms. The zero-order valence-corrected chi connectivity index (χ0v) is 72.7. The quantitative estimate of drug-likeness (QED) is 0.0491. The second-order valence-corrected chi connectivity index (χ2v) is 35.0. The number of esters is 6. The van der Waals surface area contributed by atoms with E-state index in [1.165, 1.54) is 76.8 Å². The number of thiophene rings is 3. The number of sulfone groups is 1. The van der Waals surface area contributed by atoms with Crippen LogP contribution in [0.5, 0.6) is 5.06 Å². The number of para-hydroxylation sites is 6. The Labute approximate surface area is 720 Å². The van der Waals surface area contributed by atoms with Crippen LogP contribution in [0.1, 0.15) is 92.8 Å². The van der Waals surface area contributed by atoms with Gasteiger partial charge in [-0.25, -0.2) is 51.9 Å². The van der Waals surface area contributed by atoms with Crippen LogP contribution >= 0.6 is 56.7 Å². The largest absolute Gasteiger partial charge is 0.487 e. The van der Waals surface area contributed by atoms with Crippen molar-refractivity contribution in [3.05, 3.63) is 232 Å². The summed E-state index contributed by atoms with van der Waals surface area (Å²) in [6, 6.07) is 34.1. The highest BCUT2D eigenvalue weighted by atomic mass is 32.2. The zero-order chi connectivity index (χ0) is 90.1. The number of nitrogens with zero attached hydrogens (tertiary/aromatic N) is 3. The Hall–Kier alpha value is -14.7. The van der Waals surface area contributed by atoms with Crippen LogP contribution in [0.2, 0.25) is 0 Å². The molecule has 0 saturated carbocycles. The topological polar surface area (TPSA) is 514 Å². The van der Waals surface area contributed by atoms with Gasteiger partial charge in [0.05, 0.1) is 141 Å². The summed E-state index contributed by atoms with van der Waals surface area (Å²) in [4.78, 5) is 185. The molecule has 125 heavy (non-hydrogen) atoms. The molecule has 0 aliphatic heterocycles. The summed E-state index contributed by atoms with van der Waals surface area (Å²) in [7, 11) is 5.80. The Morgan fingerprint density at radius 3 is 1.28 bits per heavy atom. The minimum atomic E-state index is -3.49. The van der Waals surface area contributed by atoms with E-state index in [2.05, 4.69) is 54.9 Å². The summed E-state index contributed by atoms with van der Waals surface area (Å²) >= 11 is 6.46. The van der Waals surface area contributed by atoms with E-state index in [9.17, 15) is 70.7 Å². The lowest BCUT2D eigenvalue weighted by molar-refractivity contribution is 0.0593. The van der Waals surface area contributed by atoms with Gasteiger partial charge in [0.1, 0.15) is 26.0 Å². The van der Waals surface area contributed by atoms with E-state index in [-0.39, 0.29) is 71.5 Å². The Morgan fingerprint density at radius 1 is 0.424 bits per heavy atom. The number of methoxy groups -OCH3 is 7. The van der Waals surface area contributed by atoms with E-state index in [4.69, 9.17) is 43.3 Å². The molecule has 0 unspecified atom stereocenters. The Kier molecular flexibility index (Phi) is 25.2. The van der Waals surface area contributed by atoms with E-state index in [1.54, 1.807) is 130 Å². The molecule has 12 heterocycles. The molecule has 0 fully saturated rings. The number of carbonyl (C=O) groups excluding carboxylic acids is 7. The van der Waals surface area contributed by atoms with Crippen molar-refractivity contribution < 1.29 is 84.3 Å². The van der Waals surface area contributed by atoms with Gasteiger partial charge in [0.2, 0.25) is 0 Å². The summed E-state index contributed by atoms with van der Waals surface area (Å²) in [6.45, 7) is 9.05. The van der Waals surface area contributed by atoms with E-state index in [0.717, 1.165) is 69.8 Å². The molecule has 12 aromatic heterocycles. The predicted octanol–water partition coefficient (Wildman–Crippen LogP) is 13.9. The number of hydrogen-bond acceptors (Lipinski definition) is 33. The second kappa shape index (κ2) is 35.8. The molecule has 18 aromatic rings. The average Bonchev–Trinajstić information content (AvgIpc) is 1.64. The third kappa shape index (κ3) is 17.6. The van der Waals surface area contributed by atoms with E-state index in [1.807, 2.05) is 38.1 Å². The number of anilines is 2. The van der Waals surface area contributed by atoms with Gasteiger partial charge < -0.3 is 77.9 Å². The molecule has 9 N–H and O–H groups in total. The number of hydrogen-bond donors (Lipinski definition) is 8. The summed E-state index contributed by atoms with van der Waals surface area (Å²) in [5, 5.41) is 11.6. The molecule has 0 saturated heterocycles. The first-order valence-corrected chi connectivity index (χ1v) is 42.6. The minimum Gasteiger partial charge on any atom is -0.487 e. The second-order valence-electron chi connectivity index (χ2n) is 27.7. The van der Waals surface area contributed by atoms with Crippen LogP contribution in [-0.4, -0.2) is 157 Å². The summed E-state index contributed by atoms with van der Waals surface area (Å²) in [5.41, 5.74) is 7.92. The maximum atomic E-state index is 12.4. The fourth-order valence-corrected chi connectivity index (χ4v) is 19.5. The number of nitrogens with one attached hydrogen (secondary N) is 7. The van der Waals surface area contributed by atoms with Crippen LogP contribution in [0.25, 0.3) is 127 Å². The lowest BCUT2D eigenvalue weighted by Gasteiger charge is -2.18. The number of H-pyrrole nitrogens is 6. The molecule has 0 aliphatic rings. The highest BCUT2D eigenvalue weighted by Gasteiger charge is 2.26. The normalized spacial score (nSPS) is 11.3. The van der Waals surface area contributed by atoms with Crippen molar-refractivity contribution in [1.29, 1.82) is 0 Å². The number of fused-ring (bicyclic) bond motifs is 18. The van der Waals surface area contributed by atoms with Gasteiger partial charge in [-0.05, 0) is 83.1 Å². The van der Waals surface area contributed by atoms with Crippen LogP contribution in [-0.2, 0) is 43.0 Å². The van der Waals surface area contributed by atoms with Crippen molar-refractivity contribution in [2.24, 2.45) is 0 Å². The van der Waals surface area contributed by atoms with Gasteiger partial charge in [0.25, 0.3) is 39.4 Å². The monoisotopic (exact) mass is 1810 g/mol. The molecular weight excluding hydrogens is 1740 g/mol. The number of thiazole rings is 2. The first kappa shape index (κ1) is 88.1. The van der Waals surface area contributed by atoms with Gasteiger partial charge in [-0.1, -0.05) is 89.4 Å². The molecule has 6 aromatic carbocycles. The number of nitrogens with two attached hydrogens (primary N) is 1. The van der Waals surface area contributed by atoms with Gasteiger partial charge in [-0.3, -0.25) is 34.1 Å². The Morgan fingerprint density at radius 2 is 0.816 bits per heavy atom. The lowest BCUT2D eigenvalue weighted by atomic mass is 10.1. The number of ether oxygens (including phenoxy) is 8. The number of amides is 1. The van der Waals surface area contributed by atoms with Crippen LogP contribution in [0.4, 0.5) is 15.9 Å². The molecule has 0 atom stereocenters. The smallest absolute Gasteiger partial charge is 0.413 e. The van der Waals surface area contributed by atoms with Crippen molar-refractivity contribution >= 4 is 247 Å². The van der Waals surface area contributed by atoms with Crippen LogP contribution in [0.3, 0.4) is 0 Å². The lowest BCUT2D eigenvalue weighted by Crippen LogP contribution is -2.27. The number of aromatic nitrogens is 9. The van der Waals surface area contributed by atoms with Crippen LogP contribution < -0.4 is 49.1 Å². The standard InChI is InChI=1S/C17H17N3O5S.C14H11NO5S2.C14H11NO4S.C14H11NO3S.C13H10N2O3S.C12H9N3O4/c1-17(2,3)25-16(23)20-15-19-11-12(26-15)8-6-5-7-9(14(22)24-4)10(8)18-13(11)21;1-20-14(17)8-5-3-4-7-10-9(22(2,18)19)6-21-12(10)13(16)15-11(7)8;1-18-10-6-9-7-4-3-5-8(14(17)19-2)11(7)15-13(16)12(9)20-10;1-7-6-10-12(19-7)8-4-3-5-9(14(17)18-2)11(8)15-13(10)16;1-6-14-10-11(19-6)7-4-3-5-8(13(17)18-2)9(7)15-12(10)16;1-18-11(17)6-4-2-3-5-7(6)14-10(16)8-9(5)19-12(13)15-8/h5-7H,1-4H3,(H,18,21)(H,19,20,23);3-6H,1-2H3,(H,15,16);3-6H,1-2H3,(H,15,16);3-6H,1-2H3,(H,15,16);3-5H,1-2H3,(H,15,16);2-4H,1H3,(H2,13,15)(H,14,16). The molecule has 35 nitrogen and oxygen atoms in total. The van der Waals surface area contributed by atoms with Gasteiger partial charge in [-0.15, -0.1) is 34.0 Å². The minimum absolute atomic E-state index is 0.0885. The molecule has 41 heteroatoms. The van der Waals surface area contributed by atoms with E-state index >= 15 is 0 Å². The zero-order valence-electron chi connectivity index (χ0n) is 67.8. The van der Waals surface area contributed by atoms with Gasteiger partial charge in [-0.2, -0.15) is 4.98 Å². The van der Waals surface area contributed by atoms with E-state index < -0.39 is 74.0 Å². The SMILES string of the molecule is COC(=O)c1cccc2c1[nH]c(=O)c1cc(C)sc12.COC(=O)c1cccc2c1[nH]c(=O)c1nc(C)sc12.COC(=O)c1cccc2c1[nH]c(=O)c1nc(N)oc12.COC(=O)c1cccc2c1[nH]c(=O)c1nc(NC(=O)OC(C)(C)C)sc12.COC(=O)c1cccc2c1[nH]c(=O)c1sc(OC)cc12.COC(=O)c1cccc2c1[nH]c(=O)c1scc(S(C)(=O)=O)c12. The van der Waals surface area contributed by atoms with Crippen LogP contribution in [0.15, 0.2) is 165 Å². The molecule has 0 aliphatic carbocycles. The number of carbonyl (C=O) groups is 7. The number of aryl methyl sites for hydroxylation is 2. The number of nitrogen functional groups attached to an aromatic ring is 1. The molecular formula is C84H69N11O24S6. The first-order chi connectivity index (χ1) is 59.5. The fourth-order valence-electron chi connectivity index (χ4n) is 13.3. The number of rotatable bonds is 9. The Bertz CT molecular complexity index is 7690. The third-order valence-corrected chi connectivity index (χ3v) is 25.1. The van der Waals surface area contributed by atoms with E-state index in [0.29, 0.717) is 95.9 Å². The van der Waals surface area contributed by atoms with Gasteiger partial charge in [0, 0.05) is 70.4 Å². The predicted molar refractivity (Wildman–Crippen MR) is 479 cm³/mol. The first-order valence-electron chi connectivity index (χ1n) is 36.6. The van der Waals surface area contributed by atoms with Crippen molar-refractivity contribution in [3.8, 4) is 5.06 Å². The maximum absolute atomic E-state index is 12.4. The number of aromatic amines is 6. The number of pyridine rings is 6. The van der Waals surface area contributed by atoms with Crippen molar-refractivity contribution in [3.63, 3.8) is 0 Å². The summed E-state index contributed by atoms with van der Waals surface area (Å²) in [6.07, 6.45) is 0.429. The van der Waals surface area contributed by atoms with Crippen LogP contribution in [0, 0.1) is 13.8 Å². The highest BCUT2D eigenvalue weighted by Crippen LogP contribution is 2.38. The molecule has 0 radical (unpaired) electrons. The molecule has 18 rings (SSSR count).